The predicted molar refractivity (Wildman–Crippen MR) is 109 cm³/mol. The molecule has 0 fully saturated rings. The van der Waals surface area contributed by atoms with Crippen LogP contribution in [0.5, 0.6) is 0 Å². The highest BCUT2D eigenvalue weighted by Gasteiger charge is 2.49. The first-order chi connectivity index (χ1) is 11.9. The van der Waals surface area contributed by atoms with Crippen LogP contribution in [0.4, 0.5) is 0 Å². The Labute approximate surface area is 154 Å². The SMILES string of the molecule is C[C@H](O)CCCCO[Si](c1ccccc1)(c1ccccc1)C(C)(C)C. The van der Waals surface area contributed by atoms with E-state index in [1.54, 1.807) is 0 Å². The van der Waals surface area contributed by atoms with Gasteiger partial charge in [-0.3, -0.25) is 0 Å². The lowest BCUT2D eigenvalue weighted by molar-refractivity contribution is 0.176. The molecule has 0 saturated heterocycles. The Morgan fingerprint density at radius 3 is 1.76 bits per heavy atom. The minimum absolute atomic E-state index is 0.0278. The molecule has 0 heterocycles. The van der Waals surface area contributed by atoms with E-state index in [0.29, 0.717) is 0 Å². The van der Waals surface area contributed by atoms with Gasteiger partial charge in [0.05, 0.1) is 6.10 Å². The molecule has 1 atom stereocenters. The molecule has 0 aliphatic rings. The molecule has 0 spiro atoms. The second-order valence-electron chi connectivity index (χ2n) is 7.86. The van der Waals surface area contributed by atoms with Gasteiger partial charge in [0, 0.05) is 6.61 Å². The fourth-order valence-electron chi connectivity index (χ4n) is 3.53. The first-order valence-corrected chi connectivity index (χ1v) is 11.2. The Bertz CT molecular complexity index is 578. The van der Waals surface area contributed by atoms with Gasteiger partial charge in [0.2, 0.25) is 0 Å². The van der Waals surface area contributed by atoms with E-state index < -0.39 is 8.32 Å². The van der Waals surface area contributed by atoms with E-state index in [1.807, 2.05) is 6.92 Å². The highest BCUT2D eigenvalue weighted by Crippen LogP contribution is 2.36. The van der Waals surface area contributed by atoms with Crippen LogP contribution in [0.25, 0.3) is 0 Å². The average molecular weight is 357 g/mol. The molecule has 2 aromatic rings. The summed E-state index contributed by atoms with van der Waals surface area (Å²) >= 11 is 0. The molecule has 2 aromatic carbocycles. The molecule has 0 aliphatic heterocycles. The van der Waals surface area contributed by atoms with Gasteiger partial charge in [0.1, 0.15) is 0 Å². The summed E-state index contributed by atoms with van der Waals surface area (Å²) in [6.07, 6.45) is 2.59. The van der Waals surface area contributed by atoms with Crippen LogP contribution < -0.4 is 10.4 Å². The number of aliphatic hydroxyl groups is 1. The van der Waals surface area contributed by atoms with Crippen LogP contribution in [-0.4, -0.2) is 26.1 Å². The molecule has 25 heavy (non-hydrogen) atoms. The van der Waals surface area contributed by atoms with Crippen LogP contribution in [0.1, 0.15) is 47.0 Å². The summed E-state index contributed by atoms with van der Waals surface area (Å²) in [7, 11) is -2.39. The summed E-state index contributed by atoms with van der Waals surface area (Å²) in [5.41, 5.74) is 0. The Morgan fingerprint density at radius 1 is 0.880 bits per heavy atom. The zero-order valence-corrected chi connectivity index (χ0v) is 17.0. The number of hydrogen-bond acceptors (Lipinski definition) is 2. The van der Waals surface area contributed by atoms with Gasteiger partial charge in [-0.05, 0) is 41.6 Å². The maximum atomic E-state index is 9.46. The number of aliphatic hydroxyl groups excluding tert-OH is 1. The average Bonchev–Trinajstić information content (AvgIpc) is 2.58. The zero-order valence-electron chi connectivity index (χ0n) is 16.0. The summed E-state index contributed by atoms with van der Waals surface area (Å²) in [6, 6.07) is 21.5. The molecule has 0 amide bonds. The molecule has 3 heteroatoms. The van der Waals surface area contributed by atoms with Crippen LogP contribution in [0.15, 0.2) is 60.7 Å². The first-order valence-electron chi connectivity index (χ1n) is 9.31. The van der Waals surface area contributed by atoms with Crippen molar-refractivity contribution < 1.29 is 9.53 Å². The third kappa shape index (κ3) is 4.81. The van der Waals surface area contributed by atoms with Crippen molar-refractivity contribution in [1.29, 1.82) is 0 Å². The number of benzene rings is 2. The van der Waals surface area contributed by atoms with E-state index >= 15 is 0 Å². The zero-order chi connectivity index (χ0) is 18.3. The summed E-state index contributed by atoms with van der Waals surface area (Å²) in [6.45, 7) is 9.49. The molecule has 2 rings (SSSR count). The molecule has 0 radical (unpaired) electrons. The first kappa shape index (κ1) is 19.9. The second kappa shape index (κ2) is 8.79. The molecule has 0 saturated carbocycles. The quantitative estimate of drug-likeness (QED) is 0.570. The van der Waals surface area contributed by atoms with Crippen molar-refractivity contribution in [2.45, 2.75) is 58.1 Å². The van der Waals surface area contributed by atoms with E-state index in [4.69, 9.17) is 4.43 Å². The predicted octanol–water partition coefficient (Wildman–Crippen LogP) is 4.11. The molecular weight excluding hydrogens is 324 g/mol. The molecule has 0 aromatic heterocycles. The van der Waals surface area contributed by atoms with Crippen molar-refractivity contribution in [2.75, 3.05) is 6.61 Å². The molecule has 1 N–H and O–H groups in total. The summed E-state index contributed by atoms with van der Waals surface area (Å²) < 4.78 is 6.81. The van der Waals surface area contributed by atoms with Crippen LogP contribution in [0, 0.1) is 0 Å². The van der Waals surface area contributed by atoms with Gasteiger partial charge in [0.25, 0.3) is 8.32 Å². The van der Waals surface area contributed by atoms with Gasteiger partial charge in [-0.25, -0.2) is 0 Å². The lowest BCUT2D eigenvalue weighted by atomic mass is 10.2. The fraction of sp³-hybridized carbons (Fsp3) is 0.455. The second-order valence-corrected chi connectivity index (χ2v) is 12.2. The number of unbranched alkanes of at least 4 members (excludes halogenated alkanes) is 1. The fourth-order valence-corrected chi connectivity index (χ4v) is 8.13. The molecule has 0 aliphatic carbocycles. The van der Waals surface area contributed by atoms with Crippen LogP contribution in [0.2, 0.25) is 5.04 Å². The van der Waals surface area contributed by atoms with Gasteiger partial charge in [0.15, 0.2) is 0 Å². The van der Waals surface area contributed by atoms with Gasteiger partial charge >= 0.3 is 0 Å². The minimum Gasteiger partial charge on any atom is -0.407 e. The van der Waals surface area contributed by atoms with Crippen LogP contribution in [0.3, 0.4) is 0 Å². The molecule has 2 nitrogen and oxygen atoms in total. The Balaban J connectivity index is 2.36. The van der Waals surface area contributed by atoms with Gasteiger partial charge in [-0.15, -0.1) is 0 Å². The summed E-state index contributed by atoms with van der Waals surface area (Å²) in [4.78, 5) is 0. The highest BCUT2D eigenvalue weighted by atomic mass is 28.4. The van der Waals surface area contributed by atoms with Gasteiger partial charge in [-0.1, -0.05) is 81.4 Å². The van der Waals surface area contributed by atoms with Crippen molar-refractivity contribution in [3.05, 3.63) is 60.7 Å². The Kier molecular flexibility index (Phi) is 7.00. The van der Waals surface area contributed by atoms with E-state index in [0.717, 1.165) is 25.9 Å². The normalized spacial score (nSPS) is 13.6. The van der Waals surface area contributed by atoms with Crippen LogP contribution >= 0.6 is 0 Å². The van der Waals surface area contributed by atoms with Crippen molar-refractivity contribution in [1.82, 2.24) is 0 Å². The highest BCUT2D eigenvalue weighted by molar-refractivity contribution is 6.99. The summed E-state index contributed by atoms with van der Waals surface area (Å²) in [5, 5.41) is 12.1. The largest absolute Gasteiger partial charge is 0.407 e. The summed E-state index contributed by atoms with van der Waals surface area (Å²) in [5.74, 6) is 0. The minimum atomic E-state index is -2.39. The Hall–Kier alpha value is -1.42. The van der Waals surface area contributed by atoms with E-state index in [1.165, 1.54) is 10.4 Å². The molecular formula is C22H32O2Si. The maximum Gasteiger partial charge on any atom is 0.261 e. The maximum absolute atomic E-state index is 9.46. The lowest BCUT2D eigenvalue weighted by Crippen LogP contribution is -2.66. The van der Waals surface area contributed by atoms with Crippen molar-refractivity contribution in [2.24, 2.45) is 0 Å². The van der Waals surface area contributed by atoms with Gasteiger partial charge in [-0.2, -0.15) is 0 Å². The molecule has 136 valence electrons. The topological polar surface area (TPSA) is 29.5 Å². The Morgan fingerprint density at radius 2 is 1.36 bits per heavy atom. The van der Waals surface area contributed by atoms with Crippen molar-refractivity contribution in [3.8, 4) is 0 Å². The van der Waals surface area contributed by atoms with Gasteiger partial charge < -0.3 is 9.53 Å². The van der Waals surface area contributed by atoms with Crippen LogP contribution in [-0.2, 0) is 4.43 Å². The van der Waals surface area contributed by atoms with Crippen molar-refractivity contribution >= 4 is 18.7 Å². The van der Waals surface area contributed by atoms with E-state index in [-0.39, 0.29) is 11.1 Å². The van der Waals surface area contributed by atoms with E-state index in [2.05, 4.69) is 81.4 Å². The van der Waals surface area contributed by atoms with E-state index in [9.17, 15) is 5.11 Å². The molecule has 0 unspecified atom stereocenters. The third-order valence-corrected chi connectivity index (χ3v) is 9.79. The number of hydrogen-bond donors (Lipinski definition) is 1. The standard InChI is InChI=1S/C22H32O2Si/c1-19(23)13-11-12-18-24-25(22(2,3)4,20-14-7-5-8-15-20)21-16-9-6-10-17-21/h5-10,14-17,19,23H,11-13,18H2,1-4H3/t19-/m0/s1. The lowest BCUT2D eigenvalue weighted by Gasteiger charge is -2.43. The number of rotatable bonds is 8. The monoisotopic (exact) mass is 356 g/mol. The third-order valence-electron chi connectivity index (χ3n) is 4.75. The molecule has 0 bridgehead atoms. The smallest absolute Gasteiger partial charge is 0.261 e. The van der Waals surface area contributed by atoms with Crippen molar-refractivity contribution in [3.63, 3.8) is 0 Å².